The minimum atomic E-state index is -0.370. The number of rotatable bonds is 1. The molecule has 0 N–H and O–H groups in total. The van der Waals surface area contributed by atoms with Gasteiger partial charge in [0, 0.05) is 5.02 Å². The number of hydrogen-bond acceptors (Lipinski definition) is 1. The highest BCUT2D eigenvalue weighted by molar-refractivity contribution is 6.30. The van der Waals surface area contributed by atoms with Crippen LogP contribution in [-0.4, -0.2) is 0 Å². The average molecular weight is 204 g/mol. The zero-order valence-corrected chi connectivity index (χ0v) is 8.46. The molecular weight excluding hydrogens is 194 g/mol. The molecule has 1 aromatic rings. The molecule has 0 aromatic heterocycles. The van der Waals surface area contributed by atoms with Crippen LogP contribution in [0.4, 0.5) is 0 Å². The van der Waals surface area contributed by atoms with E-state index in [4.69, 9.17) is 11.6 Å². The van der Waals surface area contributed by atoms with Crippen LogP contribution in [0.5, 0.6) is 0 Å². The summed E-state index contributed by atoms with van der Waals surface area (Å²) >= 11 is 5.91. The lowest BCUT2D eigenvalue weighted by atomic mass is 9.80. The maximum absolute atomic E-state index is 9.23. The zero-order valence-electron chi connectivity index (χ0n) is 7.70. The van der Waals surface area contributed by atoms with E-state index in [1.54, 1.807) is 0 Å². The van der Waals surface area contributed by atoms with Crippen LogP contribution in [0.1, 0.15) is 18.4 Å². The Morgan fingerprint density at radius 3 is 2.57 bits per heavy atom. The highest BCUT2D eigenvalue weighted by Crippen LogP contribution is 2.37. The molecule has 2 rings (SSSR count). The van der Waals surface area contributed by atoms with Gasteiger partial charge in [-0.2, -0.15) is 5.26 Å². The molecule has 1 aromatic carbocycles. The molecule has 0 atom stereocenters. The number of halogens is 1. The molecule has 1 nitrogen and oxygen atoms in total. The topological polar surface area (TPSA) is 23.8 Å². The minimum Gasteiger partial charge on any atom is -0.197 e. The number of allylic oxidation sites excluding steroid dienone is 2. The summed E-state index contributed by atoms with van der Waals surface area (Å²) in [5, 5.41) is 9.93. The van der Waals surface area contributed by atoms with Gasteiger partial charge in [0.25, 0.3) is 0 Å². The second-order valence-electron chi connectivity index (χ2n) is 3.58. The first-order chi connectivity index (χ1) is 6.77. The van der Waals surface area contributed by atoms with Crippen molar-refractivity contribution in [2.24, 2.45) is 0 Å². The van der Waals surface area contributed by atoms with Crippen molar-refractivity contribution in [3.05, 3.63) is 47.0 Å². The molecule has 0 unspecified atom stereocenters. The predicted octanol–water partition coefficient (Wildman–Crippen LogP) is 3.45. The van der Waals surface area contributed by atoms with E-state index in [0.29, 0.717) is 5.02 Å². The summed E-state index contributed by atoms with van der Waals surface area (Å²) in [6, 6.07) is 9.99. The standard InChI is InChI=1S/C12H10ClN/c13-11-5-3-4-10(8-11)12(9-14)6-1-2-7-12/h1-5,8H,6-7H2. The molecule has 1 aliphatic rings. The summed E-state index contributed by atoms with van der Waals surface area (Å²) in [4.78, 5) is 0. The predicted molar refractivity (Wildman–Crippen MR) is 57.1 cm³/mol. The third-order valence-corrected chi connectivity index (χ3v) is 2.93. The van der Waals surface area contributed by atoms with E-state index < -0.39 is 0 Å². The van der Waals surface area contributed by atoms with Gasteiger partial charge in [-0.1, -0.05) is 35.9 Å². The lowest BCUT2D eigenvalue weighted by molar-refractivity contribution is 0.596. The van der Waals surface area contributed by atoms with Crippen LogP contribution in [0, 0.1) is 11.3 Å². The molecular formula is C12H10ClN. The SMILES string of the molecule is N#CC1(c2cccc(Cl)c2)CC=CC1. The first-order valence-electron chi connectivity index (χ1n) is 4.59. The quantitative estimate of drug-likeness (QED) is 0.642. The van der Waals surface area contributed by atoms with Crippen molar-refractivity contribution in [3.8, 4) is 6.07 Å². The summed E-state index contributed by atoms with van der Waals surface area (Å²) in [6.45, 7) is 0. The second kappa shape index (κ2) is 3.48. The van der Waals surface area contributed by atoms with Gasteiger partial charge in [-0.05, 0) is 30.5 Å². The Morgan fingerprint density at radius 2 is 2.00 bits per heavy atom. The Balaban J connectivity index is 2.43. The van der Waals surface area contributed by atoms with Crippen LogP contribution in [0.25, 0.3) is 0 Å². The summed E-state index contributed by atoms with van der Waals surface area (Å²) in [7, 11) is 0. The smallest absolute Gasteiger partial charge is 0.0891 e. The van der Waals surface area contributed by atoms with Gasteiger partial charge in [-0.25, -0.2) is 0 Å². The third-order valence-electron chi connectivity index (χ3n) is 2.69. The number of benzene rings is 1. The first-order valence-corrected chi connectivity index (χ1v) is 4.97. The van der Waals surface area contributed by atoms with E-state index in [-0.39, 0.29) is 5.41 Å². The Kier molecular flexibility index (Phi) is 2.31. The Hall–Kier alpha value is -1.26. The van der Waals surface area contributed by atoms with Crippen LogP contribution >= 0.6 is 11.6 Å². The highest BCUT2D eigenvalue weighted by atomic mass is 35.5. The monoisotopic (exact) mass is 203 g/mol. The van der Waals surface area contributed by atoms with E-state index in [9.17, 15) is 5.26 Å². The summed E-state index contributed by atoms with van der Waals surface area (Å²) in [5.41, 5.74) is 0.655. The fourth-order valence-electron chi connectivity index (χ4n) is 1.83. The van der Waals surface area contributed by atoms with E-state index in [2.05, 4.69) is 18.2 Å². The van der Waals surface area contributed by atoms with Gasteiger partial charge in [0.15, 0.2) is 0 Å². The largest absolute Gasteiger partial charge is 0.197 e. The van der Waals surface area contributed by atoms with Gasteiger partial charge in [0.2, 0.25) is 0 Å². The van der Waals surface area contributed by atoms with E-state index >= 15 is 0 Å². The molecule has 14 heavy (non-hydrogen) atoms. The summed E-state index contributed by atoms with van der Waals surface area (Å²) < 4.78 is 0. The van der Waals surface area contributed by atoms with Crippen molar-refractivity contribution in [2.45, 2.75) is 18.3 Å². The van der Waals surface area contributed by atoms with E-state index in [1.165, 1.54) is 0 Å². The molecule has 0 fully saturated rings. The molecule has 2 heteroatoms. The molecule has 0 bridgehead atoms. The van der Waals surface area contributed by atoms with Crippen LogP contribution in [0.2, 0.25) is 5.02 Å². The van der Waals surface area contributed by atoms with Gasteiger partial charge >= 0.3 is 0 Å². The van der Waals surface area contributed by atoms with Crippen LogP contribution in [0.3, 0.4) is 0 Å². The molecule has 0 aliphatic heterocycles. The Labute approximate surface area is 88.6 Å². The number of nitrogens with zero attached hydrogens (tertiary/aromatic N) is 1. The molecule has 0 saturated heterocycles. The van der Waals surface area contributed by atoms with Crippen molar-refractivity contribution in [2.75, 3.05) is 0 Å². The van der Waals surface area contributed by atoms with Crippen LogP contribution < -0.4 is 0 Å². The third kappa shape index (κ3) is 1.42. The van der Waals surface area contributed by atoms with Gasteiger partial charge in [0.05, 0.1) is 11.5 Å². The maximum atomic E-state index is 9.23. The molecule has 1 aliphatic carbocycles. The minimum absolute atomic E-state index is 0.370. The van der Waals surface area contributed by atoms with Crippen molar-refractivity contribution in [3.63, 3.8) is 0 Å². The lowest BCUT2D eigenvalue weighted by Crippen LogP contribution is -2.19. The normalized spacial score (nSPS) is 18.0. The Morgan fingerprint density at radius 1 is 1.29 bits per heavy atom. The second-order valence-corrected chi connectivity index (χ2v) is 4.02. The highest BCUT2D eigenvalue weighted by Gasteiger charge is 2.32. The molecule has 0 radical (unpaired) electrons. The van der Waals surface area contributed by atoms with Crippen molar-refractivity contribution in [1.29, 1.82) is 5.26 Å². The molecule has 0 heterocycles. The fourth-order valence-corrected chi connectivity index (χ4v) is 2.02. The molecule has 70 valence electrons. The van der Waals surface area contributed by atoms with Gasteiger partial charge < -0.3 is 0 Å². The first kappa shape index (κ1) is 9.30. The van der Waals surface area contributed by atoms with Crippen molar-refractivity contribution >= 4 is 11.6 Å². The lowest BCUT2D eigenvalue weighted by Gasteiger charge is -2.20. The average Bonchev–Trinajstić information content (AvgIpc) is 2.67. The van der Waals surface area contributed by atoms with Crippen molar-refractivity contribution < 1.29 is 0 Å². The van der Waals surface area contributed by atoms with Crippen LogP contribution in [-0.2, 0) is 5.41 Å². The fraction of sp³-hybridized carbons (Fsp3) is 0.250. The van der Waals surface area contributed by atoms with E-state index in [1.807, 2.05) is 24.3 Å². The molecule has 0 saturated carbocycles. The van der Waals surface area contributed by atoms with Gasteiger partial charge in [0.1, 0.15) is 0 Å². The Bertz CT molecular complexity index is 407. The van der Waals surface area contributed by atoms with Crippen LogP contribution in [0.15, 0.2) is 36.4 Å². The maximum Gasteiger partial charge on any atom is 0.0891 e. The molecule has 0 amide bonds. The summed E-state index contributed by atoms with van der Waals surface area (Å²) in [5.74, 6) is 0. The number of nitriles is 1. The number of hydrogen-bond donors (Lipinski definition) is 0. The summed E-state index contributed by atoms with van der Waals surface area (Å²) in [6.07, 6.45) is 5.71. The molecule has 0 spiro atoms. The zero-order chi connectivity index (χ0) is 10.0. The van der Waals surface area contributed by atoms with Gasteiger partial charge in [-0.3, -0.25) is 0 Å². The van der Waals surface area contributed by atoms with Crippen molar-refractivity contribution in [1.82, 2.24) is 0 Å². The van der Waals surface area contributed by atoms with E-state index in [0.717, 1.165) is 18.4 Å². The van der Waals surface area contributed by atoms with Gasteiger partial charge in [-0.15, -0.1) is 0 Å².